The monoisotopic (exact) mass is 419 g/mol. The summed E-state index contributed by atoms with van der Waals surface area (Å²) in [7, 11) is 0. The van der Waals surface area contributed by atoms with Crippen LogP contribution < -0.4 is 5.32 Å². The summed E-state index contributed by atoms with van der Waals surface area (Å²) in [6.45, 7) is 1.28. The largest absolute Gasteiger partial charge is 0.467 e. The number of imidazole rings is 1. The Labute approximate surface area is 180 Å². The Morgan fingerprint density at radius 1 is 1.10 bits per heavy atom. The van der Waals surface area contributed by atoms with E-state index in [9.17, 15) is 9.90 Å². The highest BCUT2D eigenvalue weighted by Gasteiger charge is 2.15. The highest BCUT2D eigenvalue weighted by molar-refractivity contribution is 5.94. The number of hydrogen-bond donors (Lipinski definition) is 2. The fraction of sp³-hybridized carbons (Fsp3) is 0.250. The predicted octanol–water partition coefficient (Wildman–Crippen LogP) is 3.18. The number of rotatable bonds is 10. The second kappa shape index (κ2) is 10.1. The number of carbonyl (C=O) groups is 1. The van der Waals surface area contributed by atoms with Crippen LogP contribution in [0.25, 0.3) is 11.0 Å². The number of nitrogens with zero attached hydrogens (tertiary/aromatic N) is 2. The van der Waals surface area contributed by atoms with E-state index in [0.717, 1.165) is 22.6 Å². The van der Waals surface area contributed by atoms with Gasteiger partial charge in [-0.2, -0.15) is 0 Å². The van der Waals surface area contributed by atoms with Crippen molar-refractivity contribution in [3.05, 3.63) is 90.1 Å². The minimum absolute atomic E-state index is 0.116. The first-order chi connectivity index (χ1) is 15.2. The lowest BCUT2D eigenvalue weighted by Crippen LogP contribution is -2.27. The van der Waals surface area contributed by atoms with Crippen LogP contribution in [-0.4, -0.2) is 39.8 Å². The molecule has 1 atom stereocenters. The number of benzene rings is 2. The zero-order chi connectivity index (χ0) is 21.5. The Bertz CT molecular complexity index is 1110. The first-order valence-electron chi connectivity index (χ1n) is 10.3. The maximum atomic E-state index is 12.3. The number of ether oxygens (including phenoxy) is 1. The maximum absolute atomic E-state index is 12.3. The second-order valence-electron chi connectivity index (χ2n) is 7.25. The molecule has 4 rings (SSSR count). The molecule has 2 N–H and O–H groups in total. The van der Waals surface area contributed by atoms with Gasteiger partial charge in [0.15, 0.2) is 0 Å². The average Bonchev–Trinajstić information content (AvgIpc) is 3.43. The van der Waals surface area contributed by atoms with Crippen LogP contribution >= 0.6 is 0 Å². The van der Waals surface area contributed by atoms with Crippen LogP contribution in [0.15, 0.2) is 77.4 Å². The van der Waals surface area contributed by atoms with E-state index in [2.05, 4.69) is 5.32 Å². The lowest BCUT2D eigenvalue weighted by molar-refractivity contribution is 0.0148. The molecule has 4 aromatic rings. The summed E-state index contributed by atoms with van der Waals surface area (Å²) >= 11 is 0. The van der Waals surface area contributed by atoms with Gasteiger partial charge in [-0.05, 0) is 36.4 Å². The van der Waals surface area contributed by atoms with Crippen molar-refractivity contribution in [2.75, 3.05) is 13.2 Å². The lowest BCUT2D eigenvalue weighted by Gasteiger charge is -2.15. The molecule has 7 heteroatoms. The van der Waals surface area contributed by atoms with Crippen molar-refractivity contribution < 1.29 is 19.1 Å². The predicted molar refractivity (Wildman–Crippen MR) is 117 cm³/mol. The summed E-state index contributed by atoms with van der Waals surface area (Å²) in [6, 6.07) is 20.5. The molecule has 2 heterocycles. The molecule has 0 bridgehead atoms. The van der Waals surface area contributed by atoms with Crippen LogP contribution in [-0.2, 0) is 24.3 Å². The maximum Gasteiger partial charge on any atom is 0.251 e. The second-order valence-corrected chi connectivity index (χ2v) is 7.25. The topological polar surface area (TPSA) is 89.5 Å². The van der Waals surface area contributed by atoms with E-state index in [4.69, 9.17) is 14.1 Å². The molecule has 31 heavy (non-hydrogen) atoms. The molecule has 0 aliphatic carbocycles. The van der Waals surface area contributed by atoms with Crippen LogP contribution in [0, 0.1) is 0 Å². The van der Waals surface area contributed by atoms with Gasteiger partial charge in [0.05, 0.1) is 36.6 Å². The lowest BCUT2D eigenvalue weighted by atomic mass is 10.2. The van der Waals surface area contributed by atoms with Crippen molar-refractivity contribution in [2.24, 2.45) is 0 Å². The van der Waals surface area contributed by atoms with E-state index < -0.39 is 6.10 Å². The molecule has 0 radical (unpaired) electrons. The molecule has 0 saturated heterocycles. The number of fused-ring (bicyclic) bond motifs is 1. The number of nitrogens with one attached hydrogen (secondary N) is 1. The minimum atomic E-state index is -0.703. The number of amides is 1. The summed E-state index contributed by atoms with van der Waals surface area (Å²) in [6.07, 6.45) is 1.44. The van der Waals surface area contributed by atoms with Crippen molar-refractivity contribution in [3.8, 4) is 0 Å². The molecule has 2 aromatic heterocycles. The molecule has 2 aromatic carbocycles. The Kier molecular flexibility index (Phi) is 6.76. The average molecular weight is 419 g/mol. The molecule has 0 spiro atoms. The molecule has 160 valence electrons. The number of aliphatic hydroxyl groups excluding tert-OH is 1. The molecule has 0 aliphatic heterocycles. The van der Waals surface area contributed by atoms with Crippen LogP contribution in [0.3, 0.4) is 0 Å². The van der Waals surface area contributed by atoms with Crippen molar-refractivity contribution >= 4 is 16.9 Å². The molecule has 7 nitrogen and oxygen atoms in total. The van der Waals surface area contributed by atoms with Gasteiger partial charge >= 0.3 is 0 Å². The first-order valence-corrected chi connectivity index (χ1v) is 10.3. The molecule has 0 fully saturated rings. The number of para-hydroxylation sites is 2. The number of aromatic nitrogens is 2. The van der Waals surface area contributed by atoms with E-state index in [1.165, 1.54) is 0 Å². The summed E-state index contributed by atoms with van der Waals surface area (Å²) in [4.78, 5) is 17.0. The van der Waals surface area contributed by atoms with E-state index in [1.807, 2.05) is 53.1 Å². The zero-order valence-electron chi connectivity index (χ0n) is 17.1. The summed E-state index contributed by atoms with van der Waals surface area (Å²) in [5, 5.41) is 13.5. The highest BCUT2D eigenvalue weighted by atomic mass is 16.5. The fourth-order valence-electron chi connectivity index (χ4n) is 3.45. The van der Waals surface area contributed by atoms with E-state index in [0.29, 0.717) is 31.7 Å². The number of furan rings is 1. The number of hydrogen-bond acceptors (Lipinski definition) is 5. The summed E-state index contributed by atoms with van der Waals surface area (Å²) in [5.74, 6) is 1.41. The van der Waals surface area contributed by atoms with E-state index in [-0.39, 0.29) is 12.5 Å². The van der Waals surface area contributed by atoms with Gasteiger partial charge in [0, 0.05) is 18.5 Å². The van der Waals surface area contributed by atoms with Crippen LogP contribution in [0.5, 0.6) is 0 Å². The van der Waals surface area contributed by atoms with E-state index >= 15 is 0 Å². The third-order valence-corrected chi connectivity index (χ3v) is 4.93. The Balaban J connectivity index is 1.38. The third kappa shape index (κ3) is 5.39. The van der Waals surface area contributed by atoms with Gasteiger partial charge in [0.1, 0.15) is 18.2 Å². The van der Waals surface area contributed by atoms with Crippen LogP contribution in [0.1, 0.15) is 21.9 Å². The zero-order valence-corrected chi connectivity index (χ0v) is 17.1. The van der Waals surface area contributed by atoms with Gasteiger partial charge in [0.2, 0.25) is 0 Å². The van der Waals surface area contributed by atoms with E-state index in [1.54, 1.807) is 24.5 Å². The van der Waals surface area contributed by atoms with Gasteiger partial charge in [0.25, 0.3) is 5.91 Å². The van der Waals surface area contributed by atoms with Gasteiger partial charge in [-0.3, -0.25) is 4.79 Å². The Hall–Kier alpha value is -3.42. The van der Waals surface area contributed by atoms with Crippen molar-refractivity contribution in [1.29, 1.82) is 0 Å². The van der Waals surface area contributed by atoms with Crippen molar-refractivity contribution in [1.82, 2.24) is 14.9 Å². The number of carbonyl (C=O) groups excluding carboxylic acids is 1. The normalized spacial score (nSPS) is 12.2. The molecule has 0 aliphatic rings. The minimum Gasteiger partial charge on any atom is -0.467 e. The molecular weight excluding hydrogens is 394 g/mol. The van der Waals surface area contributed by atoms with Crippen LogP contribution in [0.2, 0.25) is 0 Å². The number of aliphatic hydroxyl groups is 1. The van der Waals surface area contributed by atoms with Crippen molar-refractivity contribution in [2.45, 2.75) is 25.7 Å². The Morgan fingerprint density at radius 2 is 1.90 bits per heavy atom. The van der Waals surface area contributed by atoms with Gasteiger partial charge in [-0.15, -0.1) is 0 Å². The highest BCUT2D eigenvalue weighted by Crippen LogP contribution is 2.17. The fourth-order valence-corrected chi connectivity index (χ4v) is 3.45. The first kappa shape index (κ1) is 20.8. The van der Waals surface area contributed by atoms with Gasteiger partial charge in [-0.25, -0.2) is 4.98 Å². The Morgan fingerprint density at radius 3 is 2.71 bits per heavy atom. The molecular formula is C24H25N3O4. The van der Waals surface area contributed by atoms with Gasteiger partial charge in [-0.1, -0.05) is 30.3 Å². The molecule has 0 saturated carbocycles. The standard InChI is InChI=1S/C24H25N3O4/c28-19(16-30-17-20-9-6-14-31-20)15-27-22-11-5-4-10-21(22)26-23(27)12-13-25-24(29)18-7-2-1-3-8-18/h1-11,14,19,28H,12-13,15-17H2,(H,25,29). The van der Waals surface area contributed by atoms with Gasteiger partial charge < -0.3 is 24.1 Å². The molecule has 1 amide bonds. The summed E-state index contributed by atoms with van der Waals surface area (Å²) < 4.78 is 12.8. The van der Waals surface area contributed by atoms with Crippen LogP contribution in [0.4, 0.5) is 0 Å². The quantitative estimate of drug-likeness (QED) is 0.412. The third-order valence-electron chi connectivity index (χ3n) is 4.93. The van der Waals surface area contributed by atoms with Crippen molar-refractivity contribution in [3.63, 3.8) is 0 Å². The smallest absolute Gasteiger partial charge is 0.251 e. The summed E-state index contributed by atoms with van der Waals surface area (Å²) in [5.41, 5.74) is 2.42. The SMILES string of the molecule is O=C(NCCc1nc2ccccc2n1CC(O)COCc1ccco1)c1ccccc1. The molecule has 1 unspecified atom stereocenters.